The van der Waals surface area contributed by atoms with E-state index in [1.165, 1.54) is 0 Å². The maximum absolute atomic E-state index is 9.11. The molecule has 0 saturated heterocycles. The molecule has 80 valence electrons. The van der Waals surface area contributed by atoms with E-state index in [1.807, 2.05) is 30.3 Å². The number of anilines is 1. The van der Waals surface area contributed by atoms with Crippen LogP contribution in [0.1, 0.15) is 6.92 Å². The molecular weight excluding hydrogens is 210 g/mol. The summed E-state index contributed by atoms with van der Waals surface area (Å²) in [6.07, 6.45) is 1.56. The van der Waals surface area contributed by atoms with E-state index < -0.39 is 0 Å². The molecule has 0 saturated carbocycles. The molecule has 1 atom stereocenters. The van der Waals surface area contributed by atoms with Gasteiger partial charge in [0, 0.05) is 7.05 Å². The molecule has 2 aromatic heterocycles. The molecule has 0 spiro atoms. The fourth-order valence-corrected chi connectivity index (χ4v) is 2.23. The molecule has 5 heteroatoms. The molecule has 0 aliphatic heterocycles. The van der Waals surface area contributed by atoms with Crippen molar-refractivity contribution in [1.82, 2.24) is 9.97 Å². The molecule has 0 aromatic carbocycles. The molecule has 0 radical (unpaired) electrons. The monoisotopic (exact) mass is 223 g/mol. The number of aromatic nitrogens is 2. The van der Waals surface area contributed by atoms with Crippen LogP contribution in [-0.4, -0.2) is 34.8 Å². The lowest BCUT2D eigenvalue weighted by molar-refractivity contribution is 0.270. The van der Waals surface area contributed by atoms with Gasteiger partial charge < -0.3 is 10.0 Å². The van der Waals surface area contributed by atoms with Gasteiger partial charge in [0.25, 0.3) is 0 Å². The van der Waals surface area contributed by atoms with Crippen LogP contribution in [0, 0.1) is 0 Å². The number of likely N-dealkylation sites (N-methyl/N-ethyl adjacent to an activating group) is 1. The van der Waals surface area contributed by atoms with Gasteiger partial charge in [-0.25, -0.2) is 9.97 Å². The zero-order valence-electron chi connectivity index (χ0n) is 8.71. The number of aliphatic hydroxyl groups excluding tert-OH is 1. The maximum atomic E-state index is 9.11. The van der Waals surface area contributed by atoms with Crippen molar-refractivity contribution in [3.8, 4) is 0 Å². The van der Waals surface area contributed by atoms with Crippen LogP contribution in [-0.2, 0) is 0 Å². The van der Waals surface area contributed by atoms with Crippen LogP contribution >= 0.6 is 11.3 Å². The standard InChI is InChI=1S/C10H13N3OS/c1-7(5-14)13(2)10-9-8(3-4-15-9)11-6-12-10/h3-4,6-7,14H,5H2,1-2H3. The van der Waals surface area contributed by atoms with Crippen LogP contribution in [0.15, 0.2) is 17.8 Å². The van der Waals surface area contributed by atoms with E-state index >= 15 is 0 Å². The summed E-state index contributed by atoms with van der Waals surface area (Å²) in [7, 11) is 1.93. The Labute approximate surface area is 92.2 Å². The predicted molar refractivity (Wildman–Crippen MR) is 62.4 cm³/mol. The summed E-state index contributed by atoms with van der Waals surface area (Å²) in [6, 6.07) is 2.04. The number of nitrogens with zero attached hydrogens (tertiary/aromatic N) is 3. The molecule has 4 nitrogen and oxygen atoms in total. The number of aliphatic hydroxyl groups is 1. The van der Waals surface area contributed by atoms with E-state index in [1.54, 1.807) is 17.7 Å². The van der Waals surface area contributed by atoms with Crippen molar-refractivity contribution in [2.75, 3.05) is 18.6 Å². The molecule has 0 aliphatic carbocycles. The van der Waals surface area contributed by atoms with Crippen LogP contribution in [0.25, 0.3) is 10.2 Å². The molecule has 15 heavy (non-hydrogen) atoms. The smallest absolute Gasteiger partial charge is 0.150 e. The number of fused-ring (bicyclic) bond motifs is 1. The fraction of sp³-hybridized carbons (Fsp3) is 0.400. The SMILES string of the molecule is CC(CO)N(C)c1ncnc2ccsc12. The average molecular weight is 223 g/mol. The quantitative estimate of drug-likeness (QED) is 0.857. The van der Waals surface area contributed by atoms with Crippen LogP contribution < -0.4 is 4.90 Å². The van der Waals surface area contributed by atoms with Gasteiger partial charge in [-0.2, -0.15) is 0 Å². The van der Waals surface area contributed by atoms with Crippen molar-refractivity contribution in [1.29, 1.82) is 0 Å². The zero-order chi connectivity index (χ0) is 10.8. The fourth-order valence-electron chi connectivity index (χ4n) is 1.36. The normalized spacial score (nSPS) is 13.0. The highest BCUT2D eigenvalue weighted by molar-refractivity contribution is 7.17. The summed E-state index contributed by atoms with van der Waals surface area (Å²) < 4.78 is 1.07. The van der Waals surface area contributed by atoms with Gasteiger partial charge in [-0.05, 0) is 18.4 Å². The minimum Gasteiger partial charge on any atom is -0.394 e. The molecule has 0 aliphatic rings. The first-order chi connectivity index (χ1) is 7.24. The van der Waals surface area contributed by atoms with Crippen LogP contribution in [0.4, 0.5) is 5.82 Å². The summed E-state index contributed by atoms with van der Waals surface area (Å²) >= 11 is 1.62. The topological polar surface area (TPSA) is 49.2 Å². The Kier molecular flexibility index (Phi) is 2.83. The van der Waals surface area contributed by atoms with Gasteiger partial charge in [0.2, 0.25) is 0 Å². The van der Waals surface area contributed by atoms with Crippen molar-refractivity contribution in [2.45, 2.75) is 13.0 Å². The third-order valence-electron chi connectivity index (χ3n) is 2.48. The second-order valence-corrected chi connectivity index (χ2v) is 4.39. The van der Waals surface area contributed by atoms with E-state index in [2.05, 4.69) is 9.97 Å². The Hall–Kier alpha value is -1.20. The number of rotatable bonds is 3. The van der Waals surface area contributed by atoms with Crippen molar-refractivity contribution in [2.24, 2.45) is 0 Å². The Morgan fingerprint density at radius 2 is 2.33 bits per heavy atom. The summed E-state index contributed by atoms with van der Waals surface area (Å²) in [6.45, 7) is 2.08. The van der Waals surface area contributed by atoms with E-state index in [0.717, 1.165) is 16.0 Å². The van der Waals surface area contributed by atoms with Crippen molar-refractivity contribution < 1.29 is 5.11 Å². The Morgan fingerprint density at radius 3 is 3.07 bits per heavy atom. The first-order valence-corrected chi connectivity index (χ1v) is 5.64. The second-order valence-electron chi connectivity index (χ2n) is 3.47. The van der Waals surface area contributed by atoms with E-state index in [9.17, 15) is 0 Å². The third kappa shape index (κ3) is 1.80. The van der Waals surface area contributed by atoms with Crippen LogP contribution in [0.5, 0.6) is 0 Å². The lowest BCUT2D eigenvalue weighted by Gasteiger charge is -2.24. The first kappa shape index (κ1) is 10.3. The average Bonchev–Trinajstić information content (AvgIpc) is 2.74. The van der Waals surface area contributed by atoms with Gasteiger partial charge in [-0.1, -0.05) is 0 Å². The second kappa shape index (κ2) is 4.12. The lowest BCUT2D eigenvalue weighted by atomic mass is 10.3. The van der Waals surface area contributed by atoms with Gasteiger partial charge in [0.15, 0.2) is 0 Å². The number of thiophene rings is 1. The van der Waals surface area contributed by atoms with Gasteiger partial charge >= 0.3 is 0 Å². The molecule has 0 fully saturated rings. The minimum absolute atomic E-state index is 0.0604. The van der Waals surface area contributed by atoms with Gasteiger partial charge in [-0.15, -0.1) is 11.3 Å². The van der Waals surface area contributed by atoms with Gasteiger partial charge in [-0.3, -0.25) is 0 Å². The minimum atomic E-state index is 0.0604. The first-order valence-electron chi connectivity index (χ1n) is 4.76. The lowest BCUT2D eigenvalue weighted by Crippen LogP contribution is -2.32. The molecular formula is C10H13N3OS. The molecule has 2 rings (SSSR count). The number of hydrogen-bond acceptors (Lipinski definition) is 5. The van der Waals surface area contributed by atoms with E-state index in [4.69, 9.17) is 5.11 Å². The highest BCUT2D eigenvalue weighted by atomic mass is 32.1. The van der Waals surface area contributed by atoms with Crippen LogP contribution in [0.3, 0.4) is 0 Å². The van der Waals surface area contributed by atoms with E-state index in [0.29, 0.717) is 0 Å². The van der Waals surface area contributed by atoms with Crippen LogP contribution in [0.2, 0.25) is 0 Å². The van der Waals surface area contributed by atoms with E-state index in [-0.39, 0.29) is 12.6 Å². The molecule has 1 N–H and O–H groups in total. The van der Waals surface area contributed by atoms with Gasteiger partial charge in [0.05, 0.1) is 22.9 Å². The summed E-state index contributed by atoms with van der Waals surface area (Å²) in [5.74, 6) is 0.886. The predicted octanol–water partition coefficient (Wildman–Crippen LogP) is 1.51. The molecule has 1 unspecified atom stereocenters. The Bertz CT molecular complexity index is 457. The molecule has 2 heterocycles. The molecule has 0 bridgehead atoms. The summed E-state index contributed by atoms with van der Waals surface area (Å²) in [5, 5.41) is 11.1. The maximum Gasteiger partial charge on any atom is 0.150 e. The largest absolute Gasteiger partial charge is 0.394 e. The third-order valence-corrected chi connectivity index (χ3v) is 3.38. The highest BCUT2D eigenvalue weighted by Crippen LogP contribution is 2.27. The molecule has 0 amide bonds. The van der Waals surface area contributed by atoms with Crippen molar-refractivity contribution >= 4 is 27.4 Å². The molecule has 2 aromatic rings. The zero-order valence-corrected chi connectivity index (χ0v) is 9.53. The Balaban J connectivity index is 2.46. The highest BCUT2D eigenvalue weighted by Gasteiger charge is 2.14. The Morgan fingerprint density at radius 1 is 1.53 bits per heavy atom. The van der Waals surface area contributed by atoms with Crippen molar-refractivity contribution in [3.63, 3.8) is 0 Å². The van der Waals surface area contributed by atoms with Gasteiger partial charge in [0.1, 0.15) is 12.1 Å². The van der Waals surface area contributed by atoms with Crippen molar-refractivity contribution in [3.05, 3.63) is 17.8 Å². The number of hydrogen-bond donors (Lipinski definition) is 1. The summed E-state index contributed by atoms with van der Waals surface area (Å²) in [4.78, 5) is 10.4. The summed E-state index contributed by atoms with van der Waals surface area (Å²) in [5.41, 5.74) is 0.960.